The Labute approximate surface area is 111 Å². The number of aromatic hydroxyl groups is 1. The lowest BCUT2D eigenvalue weighted by molar-refractivity contribution is 0.1000. The van der Waals surface area contributed by atoms with Crippen molar-refractivity contribution in [2.75, 3.05) is 11.9 Å². The molecule has 0 aliphatic heterocycles. The molecule has 0 aliphatic rings. The lowest BCUT2D eigenvalue weighted by Crippen LogP contribution is -2.12. The van der Waals surface area contributed by atoms with Crippen LogP contribution in [0.3, 0.4) is 0 Å². The van der Waals surface area contributed by atoms with Gasteiger partial charge in [0.2, 0.25) is 5.91 Å². The number of aromatic nitrogens is 1. The van der Waals surface area contributed by atoms with Crippen LogP contribution in [0.1, 0.15) is 15.9 Å². The number of phenols is 1. The van der Waals surface area contributed by atoms with Crippen LogP contribution in [0.5, 0.6) is 5.75 Å². The molecule has 4 N–H and O–H groups in total. The Morgan fingerprint density at radius 1 is 1.21 bits per heavy atom. The Bertz CT molecular complexity index is 550. The van der Waals surface area contributed by atoms with E-state index in [4.69, 9.17) is 10.8 Å². The van der Waals surface area contributed by atoms with Crippen LogP contribution >= 0.6 is 0 Å². The molecule has 1 heterocycles. The van der Waals surface area contributed by atoms with Crippen LogP contribution in [0.25, 0.3) is 0 Å². The average Bonchev–Trinajstić information content (AvgIpc) is 2.41. The summed E-state index contributed by atoms with van der Waals surface area (Å²) in [5.41, 5.74) is 6.65. The highest BCUT2D eigenvalue weighted by Crippen LogP contribution is 2.10. The van der Waals surface area contributed by atoms with Crippen LogP contribution in [-0.4, -0.2) is 22.5 Å². The fraction of sp³-hybridized carbons (Fsp3) is 0.143. The highest BCUT2D eigenvalue weighted by molar-refractivity contribution is 5.92. The average molecular weight is 257 g/mol. The number of hydrogen-bond donors (Lipinski definition) is 3. The van der Waals surface area contributed by atoms with Gasteiger partial charge in [0, 0.05) is 12.7 Å². The molecule has 0 radical (unpaired) electrons. The molecule has 0 aliphatic carbocycles. The van der Waals surface area contributed by atoms with Crippen molar-refractivity contribution in [2.45, 2.75) is 6.42 Å². The molecule has 1 aromatic heterocycles. The molecule has 5 heteroatoms. The van der Waals surface area contributed by atoms with Crippen molar-refractivity contribution in [3.63, 3.8) is 0 Å². The van der Waals surface area contributed by atoms with Crippen LogP contribution in [0.4, 0.5) is 5.82 Å². The summed E-state index contributed by atoms with van der Waals surface area (Å²) >= 11 is 0. The van der Waals surface area contributed by atoms with E-state index in [-0.39, 0.29) is 5.75 Å². The zero-order valence-electron chi connectivity index (χ0n) is 10.3. The predicted molar refractivity (Wildman–Crippen MR) is 73.1 cm³/mol. The van der Waals surface area contributed by atoms with Gasteiger partial charge in [-0.25, -0.2) is 4.98 Å². The number of carbonyl (C=O) groups excluding carboxylic acids is 1. The zero-order valence-corrected chi connectivity index (χ0v) is 10.3. The van der Waals surface area contributed by atoms with Gasteiger partial charge >= 0.3 is 0 Å². The van der Waals surface area contributed by atoms with Crippen molar-refractivity contribution in [3.05, 3.63) is 53.7 Å². The fourth-order valence-corrected chi connectivity index (χ4v) is 1.64. The van der Waals surface area contributed by atoms with Crippen LogP contribution in [0.2, 0.25) is 0 Å². The number of nitrogens with one attached hydrogen (secondary N) is 1. The second kappa shape index (κ2) is 5.86. The summed E-state index contributed by atoms with van der Waals surface area (Å²) in [5.74, 6) is 0.479. The topological polar surface area (TPSA) is 88.2 Å². The van der Waals surface area contributed by atoms with E-state index in [0.29, 0.717) is 17.9 Å². The van der Waals surface area contributed by atoms with Crippen molar-refractivity contribution in [1.29, 1.82) is 0 Å². The third-order valence-electron chi connectivity index (χ3n) is 2.70. The van der Waals surface area contributed by atoms with Gasteiger partial charge < -0.3 is 16.2 Å². The van der Waals surface area contributed by atoms with E-state index >= 15 is 0 Å². The molecule has 19 heavy (non-hydrogen) atoms. The molecule has 5 nitrogen and oxygen atoms in total. The maximum Gasteiger partial charge on any atom is 0.250 e. The quantitative estimate of drug-likeness (QED) is 0.758. The van der Waals surface area contributed by atoms with E-state index in [1.807, 2.05) is 12.1 Å². The molecule has 2 rings (SSSR count). The molecule has 0 spiro atoms. The first kappa shape index (κ1) is 12.9. The number of nitrogens with zero attached hydrogens (tertiary/aromatic N) is 1. The SMILES string of the molecule is NC(=O)c1ccc(NCCc2ccc(O)cc2)nc1. The number of nitrogens with two attached hydrogens (primary N) is 1. The van der Waals surface area contributed by atoms with Gasteiger partial charge in [-0.2, -0.15) is 0 Å². The number of rotatable bonds is 5. The van der Waals surface area contributed by atoms with E-state index in [1.165, 1.54) is 6.20 Å². The smallest absolute Gasteiger partial charge is 0.250 e. The summed E-state index contributed by atoms with van der Waals surface area (Å²) in [6.45, 7) is 0.716. The Kier molecular flexibility index (Phi) is 3.97. The van der Waals surface area contributed by atoms with Gasteiger partial charge in [0.25, 0.3) is 0 Å². The molecule has 1 aromatic carbocycles. The molecule has 0 bridgehead atoms. The van der Waals surface area contributed by atoms with Gasteiger partial charge in [0.05, 0.1) is 5.56 Å². The molecular formula is C14H15N3O2. The maximum absolute atomic E-state index is 10.9. The number of amides is 1. The second-order valence-corrected chi connectivity index (χ2v) is 4.14. The predicted octanol–water partition coefficient (Wildman–Crippen LogP) is 1.54. The number of phenolic OH excluding ortho intramolecular Hbond substituents is 1. The third kappa shape index (κ3) is 3.70. The highest BCUT2D eigenvalue weighted by Gasteiger charge is 2.00. The summed E-state index contributed by atoms with van der Waals surface area (Å²) < 4.78 is 0. The van der Waals surface area contributed by atoms with Crippen molar-refractivity contribution < 1.29 is 9.90 Å². The van der Waals surface area contributed by atoms with Crippen LogP contribution in [0.15, 0.2) is 42.6 Å². The minimum atomic E-state index is -0.483. The molecule has 98 valence electrons. The first-order valence-electron chi connectivity index (χ1n) is 5.93. The minimum absolute atomic E-state index is 0.264. The van der Waals surface area contributed by atoms with Gasteiger partial charge in [0.1, 0.15) is 11.6 Å². The largest absolute Gasteiger partial charge is 0.508 e. The van der Waals surface area contributed by atoms with Crippen molar-refractivity contribution in [3.8, 4) is 5.75 Å². The molecule has 1 amide bonds. The normalized spacial score (nSPS) is 10.1. The number of primary amides is 1. The lowest BCUT2D eigenvalue weighted by atomic mass is 10.1. The van der Waals surface area contributed by atoms with Crippen LogP contribution in [0, 0.1) is 0 Å². The Balaban J connectivity index is 1.85. The van der Waals surface area contributed by atoms with Gasteiger partial charge in [-0.3, -0.25) is 4.79 Å². The minimum Gasteiger partial charge on any atom is -0.508 e. The van der Waals surface area contributed by atoms with E-state index in [2.05, 4.69) is 10.3 Å². The lowest BCUT2D eigenvalue weighted by Gasteiger charge is -2.06. The monoisotopic (exact) mass is 257 g/mol. The number of carbonyl (C=O) groups is 1. The Morgan fingerprint density at radius 3 is 2.53 bits per heavy atom. The van der Waals surface area contributed by atoms with Gasteiger partial charge in [-0.1, -0.05) is 12.1 Å². The molecule has 0 atom stereocenters. The summed E-state index contributed by atoms with van der Waals surface area (Å²) in [5, 5.41) is 12.3. The molecule has 2 aromatic rings. The van der Waals surface area contributed by atoms with Crippen LogP contribution < -0.4 is 11.1 Å². The molecular weight excluding hydrogens is 242 g/mol. The van der Waals surface area contributed by atoms with Crippen molar-refractivity contribution in [2.24, 2.45) is 5.73 Å². The number of pyridine rings is 1. The van der Waals surface area contributed by atoms with Gasteiger partial charge in [-0.15, -0.1) is 0 Å². The van der Waals surface area contributed by atoms with Crippen LogP contribution in [-0.2, 0) is 6.42 Å². The standard InChI is InChI=1S/C14H15N3O2/c15-14(19)11-3-6-13(17-9-11)16-8-7-10-1-4-12(18)5-2-10/h1-6,9,18H,7-8H2,(H2,15,19)(H,16,17). The van der Waals surface area contributed by atoms with E-state index in [9.17, 15) is 4.79 Å². The molecule has 0 fully saturated rings. The fourth-order valence-electron chi connectivity index (χ4n) is 1.64. The summed E-state index contributed by atoms with van der Waals surface area (Å²) in [7, 11) is 0. The summed E-state index contributed by atoms with van der Waals surface area (Å²) in [4.78, 5) is 15.0. The van der Waals surface area contributed by atoms with Crippen molar-refractivity contribution in [1.82, 2.24) is 4.98 Å². The van der Waals surface area contributed by atoms with E-state index in [0.717, 1.165) is 12.0 Å². The number of anilines is 1. The number of benzene rings is 1. The Hall–Kier alpha value is -2.56. The first-order chi connectivity index (χ1) is 9.15. The number of hydrogen-bond acceptors (Lipinski definition) is 4. The van der Waals surface area contributed by atoms with Crippen molar-refractivity contribution >= 4 is 11.7 Å². The second-order valence-electron chi connectivity index (χ2n) is 4.14. The van der Waals surface area contributed by atoms with Gasteiger partial charge in [-0.05, 0) is 36.2 Å². The third-order valence-corrected chi connectivity index (χ3v) is 2.70. The molecule has 0 unspecified atom stereocenters. The molecule has 0 saturated heterocycles. The highest BCUT2D eigenvalue weighted by atomic mass is 16.3. The molecule has 0 saturated carbocycles. The van der Waals surface area contributed by atoms with Gasteiger partial charge in [0.15, 0.2) is 0 Å². The van der Waals surface area contributed by atoms with E-state index < -0.39 is 5.91 Å². The first-order valence-corrected chi connectivity index (χ1v) is 5.93. The van der Waals surface area contributed by atoms with E-state index in [1.54, 1.807) is 24.3 Å². The summed E-state index contributed by atoms with van der Waals surface area (Å²) in [6, 6.07) is 10.4. The Morgan fingerprint density at radius 2 is 1.95 bits per heavy atom. The summed E-state index contributed by atoms with van der Waals surface area (Å²) in [6.07, 6.45) is 2.27. The zero-order chi connectivity index (χ0) is 13.7. The maximum atomic E-state index is 10.9.